The maximum absolute atomic E-state index is 13.1. The summed E-state index contributed by atoms with van der Waals surface area (Å²) in [6.07, 6.45) is 1.74. The second-order valence-corrected chi connectivity index (χ2v) is 8.50. The van der Waals surface area contributed by atoms with E-state index in [1.54, 1.807) is 9.36 Å². The van der Waals surface area contributed by atoms with Gasteiger partial charge in [0, 0.05) is 25.2 Å². The van der Waals surface area contributed by atoms with E-state index in [4.69, 9.17) is 11.6 Å². The Hall–Kier alpha value is -2.83. The SMILES string of the molecule is Cc1c(NC(=O)[C@H]2CCCN(Cc3ccccc3Cl)C2)c(=O)n(-c2ccccc2)n1C. The Morgan fingerprint density at radius 3 is 2.58 bits per heavy atom. The minimum atomic E-state index is -0.219. The van der Waals surface area contributed by atoms with Gasteiger partial charge in [-0.3, -0.25) is 19.2 Å². The molecule has 0 aliphatic carbocycles. The first-order valence-electron chi connectivity index (χ1n) is 10.6. The Kier molecular flexibility index (Phi) is 6.30. The quantitative estimate of drug-likeness (QED) is 0.655. The van der Waals surface area contributed by atoms with Gasteiger partial charge in [0.25, 0.3) is 5.56 Å². The van der Waals surface area contributed by atoms with Crippen molar-refractivity contribution in [1.82, 2.24) is 14.3 Å². The number of carbonyl (C=O) groups excluding carboxylic acids is 1. The Balaban J connectivity index is 1.49. The number of anilines is 1. The van der Waals surface area contributed by atoms with Gasteiger partial charge in [-0.15, -0.1) is 0 Å². The van der Waals surface area contributed by atoms with Crippen LogP contribution in [0.1, 0.15) is 24.1 Å². The molecule has 6 nitrogen and oxygen atoms in total. The molecule has 1 saturated heterocycles. The standard InChI is InChI=1S/C24H27ClN4O2/c1-17-22(24(31)29(27(17)2)20-11-4-3-5-12-20)26-23(30)19-10-8-14-28(16-19)15-18-9-6-7-13-21(18)25/h3-7,9,11-13,19H,8,10,14-16H2,1-2H3,(H,26,30)/t19-/m0/s1. The van der Waals surface area contributed by atoms with Crippen LogP contribution < -0.4 is 10.9 Å². The van der Waals surface area contributed by atoms with Gasteiger partial charge < -0.3 is 5.32 Å². The van der Waals surface area contributed by atoms with E-state index in [1.165, 1.54) is 0 Å². The highest BCUT2D eigenvalue weighted by atomic mass is 35.5. The fourth-order valence-electron chi connectivity index (χ4n) is 4.22. The third kappa shape index (κ3) is 4.45. The number of aromatic nitrogens is 2. The first-order chi connectivity index (χ1) is 15.0. The molecule has 7 heteroatoms. The Morgan fingerprint density at radius 2 is 1.84 bits per heavy atom. The van der Waals surface area contributed by atoms with Crippen molar-refractivity contribution >= 4 is 23.2 Å². The minimum absolute atomic E-state index is 0.102. The number of para-hydroxylation sites is 1. The molecule has 3 aromatic rings. The molecule has 1 atom stereocenters. The van der Waals surface area contributed by atoms with E-state index >= 15 is 0 Å². The van der Waals surface area contributed by atoms with E-state index in [2.05, 4.69) is 10.2 Å². The molecule has 1 aromatic heterocycles. The fraction of sp³-hybridized carbons (Fsp3) is 0.333. The summed E-state index contributed by atoms with van der Waals surface area (Å²) >= 11 is 6.31. The number of benzene rings is 2. The molecule has 0 radical (unpaired) electrons. The molecule has 0 spiro atoms. The van der Waals surface area contributed by atoms with Gasteiger partial charge >= 0.3 is 0 Å². The Bertz CT molecular complexity index is 1140. The van der Waals surface area contributed by atoms with Crippen molar-refractivity contribution in [2.24, 2.45) is 13.0 Å². The molecule has 2 heterocycles. The van der Waals surface area contributed by atoms with E-state index in [0.717, 1.165) is 41.4 Å². The second kappa shape index (κ2) is 9.12. The number of hydrogen-bond donors (Lipinski definition) is 1. The first-order valence-corrected chi connectivity index (χ1v) is 10.9. The summed E-state index contributed by atoms with van der Waals surface area (Å²) in [6, 6.07) is 17.2. The van der Waals surface area contributed by atoms with E-state index in [1.807, 2.05) is 68.6 Å². The summed E-state index contributed by atoms with van der Waals surface area (Å²) in [6.45, 7) is 4.14. The number of carbonyl (C=O) groups is 1. The van der Waals surface area contributed by atoms with Crippen LogP contribution in [0.5, 0.6) is 0 Å². The topological polar surface area (TPSA) is 59.3 Å². The van der Waals surface area contributed by atoms with Crippen molar-refractivity contribution in [3.05, 3.63) is 81.2 Å². The van der Waals surface area contributed by atoms with Gasteiger partial charge in [-0.1, -0.05) is 48.0 Å². The van der Waals surface area contributed by atoms with Crippen LogP contribution in [0.15, 0.2) is 59.4 Å². The van der Waals surface area contributed by atoms with Crippen molar-refractivity contribution < 1.29 is 4.79 Å². The van der Waals surface area contributed by atoms with Crippen LogP contribution in [-0.2, 0) is 18.4 Å². The first kappa shape index (κ1) is 21.4. The highest BCUT2D eigenvalue weighted by Gasteiger charge is 2.28. The predicted octanol–water partition coefficient (Wildman–Crippen LogP) is 3.99. The highest BCUT2D eigenvalue weighted by Crippen LogP contribution is 2.23. The predicted molar refractivity (Wildman–Crippen MR) is 124 cm³/mol. The fourth-order valence-corrected chi connectivity index (χ4v) is 4.41. The van der Waals surface area contributed by atoms with Crippen LogP contribution in [0.3, 0.4) is 0 Å². The van der Waals surface area contributed by atoms with Crippen LogP contribution in [0.25, 0.3) is 5.69 Å². The summed E-state index contributed by atoms with van der Waals surface area (Å²) < 4.78 is 3.35. The second-order valence-electron chi connectivity index (χ2n) is 8.09. The van der Waals surface area contributed by atoms with Gasteiger partial charge in [0.05, 0.1) is 17.3 Å². The summed E-state index contributed by atoms with van der Waals surface area (Å²) in [5.41, 5.74) is 2.69. The molecule has 0 unspecified atom stereocenters. The molecule has 1 N–H and O–H groups in total. The van der Waals surface area contributed by atoms with Crippen LogP contribution in [0, 0.1) is 12.8 Å². The molecule has 2 aromatic carbocycles. The van der Waals surface area contributed by atoms with Gasteiger partial charge in [0.15, 0.2) is 0 Å². The average molecular weight is 439 g/mol. The molecule has 162 valence electrons. The van der Waals surface area contributed by atoms with Crippen LogP contribution in [0.2, 0.25) is 5.02 Å². The Morgan fingerprint density at radius 1 is 1.13 bits per heavy atom. The summed E-state index contributed by atoms with van der Waals surface area (Å²) in [7, 11) is 1.82. The number of nitrogens with zero attached hydrogens (tertiary/aromatic N) is 3. The van der Waals surface area contributed by atoms with Crippen molar-refractivity contribution in [3.63, 3.8) is 0 Å². The van der Waals surface area contributed by atoms with Crippen molar-refractivity contribution in [1.29, 1.82) is 0 Å². The van der Waals surface area contributed by atoms with Gasteiger partial charge in [-0.25, -0.2) is 4.68 Å². The number of rotatable bonds is 5. The van der Waals surface area contributed by atoms with Gasteiger partial charge in [0.2, 0.25) is 5.91 Å². The lowest BCUT2D eigenvalue weighted by Gasteiger charge is -2.32. The number of piperidine rings is 1. The molecule has 1 fully saturated rings. The van der Waals surface area contributed by atoms with E-state index in [9.17, 15) is 9.59 Å². The van der Waals surface area contributed by atoms with Crippen LogP contribution in [0.4, 0.5) is 5.69 Å². The maximum Gasteiger partial charge on any atom is 0.295 e. The number of halogens is 1. The van der Waals surface area contributed by atoms with E-state index in [0.29, 0.717) is 18.8 Å². The van der Waals surface area contributed by atoms with E-state index < -0.39 is 0 Å². The van der Waals surface area contributed by atoms with Gasteiger partial charge in [0.1, 0.15) is 5.69 Å². The third-order valence-corrected chi connectivity index (χ3v) is 6.40. The van der Waals surface area contributed by atoms with Crippen LogP contribution in [-0.4, -0.2) is 33.3 Å². The third-order valence-electron chi connectivity index (χ3n) is 6.03. The largest absolute Gasteiger partial charge is 0.320 e. The summed E-state index contributed by atoms with van der Waals surface area (Å²) in [4.78, 5) is 28.4. The molecule has 4 rings (SSSR count). The summed E-state index contributed by atoms with van der Waals surface area (Å²) in [5.74, 6) is -0.268. The molecule has 1 aliphatic rings. The molecular weight excluding hydrogens is 412 g/mol. The Labute approximate surface area is 187 Å². The molecular formula is C24H27ClN4O2. The number of hydrogen-bond acceptors (Lipinski definition) is 3. The molecule has 1 amide bonds. The lowest BCUT2D eigenvalue weighted by atomic mass is 9.96. The van der Waals surface area contributed by atoms with E-state index in [-0.39, 0.29) is 17.4 Å². The minimum Gasteiger partial charge on any atom is -0.320 e. The van der Waals surface area contributed by atoms with Gasteiger partial charge in [-0.05, 0) is 50.1 Å². The smallest absolute Gasteiger partial charge is 0.295 e. The van der Waals surface area contributed by atoms with Crippen LogP contribution >= 0.6 is 11.6 Å². The number of likely N-dealkylation sites (tertiary alicyclic amines) is 1. The number of nitrogens with one attached hydrogen (secondary N) is 1. The van der Waals surface area contributed by atoms with Crippen molar-refractivity contribution in [2.45, 2.75) is 26.3 Å². The monoisotopic (exact) mass is 438 g/mol. The molecule has 1 aliphatic heterocycles. The summed E-state index contributed by atoms with van der Waals surface area (Å²) in [5, 5.41) is 3.67. The maximum atomic E-state index is 13.1. The molecule has 31 heavy (non-hydrogen) atoms. The normalized spacial score (nSPS) is 16.9. The van der Waals surface area contributed by atoms with Crippen molar-refractivity contribution in [2.75, 3.05) is 18.4 Å². The molecule has 0 saturated carbocycles. The van der Waals surface area contributed by atoms with Gasteiger partial charge in [-0.2, -0.15) is 0 Å². The molecule has 0 bridgehead atoms. The zero-order valence-corrected chi connectivity index (χ0v) is 18.6. The van der Waals surface area contributed by atoms with Crippen molar-refractivity contribution in [3.8, 4) is 5.69 Å². The lowest BCUT2D eigenvalue weighted by molar-refractivity contribution is -0.121. The lowest BCUT2D eigenvalue weighted by Crippen LogP contribution is -2.40. The zero-order valence-electron chi connectivity index (χ0n) is 17.8. The average Bonchev–Trinajstić information content (AvgIpc) is 2.99. The zero-order chi connectivity index (χ0) is 22.0. The number of amides is 1. The highest BCUT2D eigenvalue weighted by molar-refractivity contribution is 6.31.